The minimum absolute atomic E-state index is 0.330. The molecule has 0 aliphatic rings. The SMILES string of the molecule is C=CS(=O)(=O)CCC(=O)[N]C[N]C(=O)CCS(=O)(=O)C=C. The molecule has 0 aliphatic heterocycles. The van der Waals surface area contributed by atoms with Crippen molar-refractivity contribution in [3.05, 3.63) is 24.0 Å². The van der Waals surface area contributed by atoms with Crippen LogP contribution in [-0.4, -0.2) is 46.8 Å². The third kappa shape index (κ3) is 9.79. The molecule has 2 amide bonds. The molecule has 0 aromatic heterocycles. The highest BCUT2D eigenvalue weighted by Gasteiger charge is 2.13. The predicted octanol–water partition coefficient (Wildman–Crippen LogP) is -0.897. The first-order valence-corrected chi connectivity index (χ1v) is 9.16. The Kier molecular flexibility index (Phi) is 7.89. The van der Waals surface area contributed by atoms with Gasteiger partial charge in [-0.3, -0.25) is 9.59 Å². The number of carbonyl (C=O) groups excluding carboxylic acids is 2. The van der Waals surface area contributed by atoms with Gasteiger partial charge in [0.1, 0.15) is 6.67 Å². The Balaban J connectivity index is 3.94. The van der Waals surface area contributed by atoms with Crippen LogP contribution in [0.1, 0.15) is 12.8 Å². The van der Waals surface area contributed by atoms with Crippen LogP contribution in [0.4, 0.5) is 0 Å². The maximum Gasteiger partial charge on any atom is 0.244 e. The lowest BCUT2D eigenvalue weighted by Gasteiger charge is -2.02. The molecule has 0 saturated heterocycles. The third-order valence-electron chi connectivity index (χ3n) is 2.20. The molecule has 2 radical (unpaired) electrons. The van der Waals surface area contributed by atoms with E-state index in [2.05, 4.69) is 23.8 Å². The van der Waals surface area contributed by atoms with Crippen LogP contribution in [0.25, 0.3) is 0 Å². The van der Waals surface area contributed by atoms with E-state index < -0.39 is 49.7 Å². The maximum atomic E-state index is 11.2. The van der Waals surface area contributed by atoms with Crippen molar-refractivity contribution in [1.29, 1.82) is 0 Å². The first-order valence-electron chi connectivity index (χ1n) is 5.73. The number of hydrogen-bond donors (Lipinski definition) is 0. The lowest BCUT2D eigenvalue weighted by molar-refractivity contribution is -0.122. The molecule has 0 aromatic rings. The summed E-state index contributed by atoms with van der Waals surface area (Å²) >= 11 is 0. The zero-order valence-electron chi connectivity index (χ0n) is 11.3. The molecule has 21 heavy (non-hydrogen) atoms. The summed E-state index contributed by atoms with van der Waals surface area (Å²) in [6.07, 6.45) is -0.661. The molecule has 0 saturated carbocycles. The van der Waals surface area contributed by atoms with E-state index in [1.165, 1.54) is 0 Å². The van der Waals surface area contributed by atoms with E-state index in [9.17, 15) is 26.4 Å². The van der Waals surface area contributed by atoms with Gasteiger partial charge in [-0.25, -0.2) is 27.5 Å². The molecule has 0 aliphatic carbocycles. The largest absolute Gasteiger partial charge is 0.273 e. The van der Waals surface area contributed by atoms with Gasteiger partial charge in [-0.05, 0) is 0 Å². The van der Waals surface area contributed by atoms with Crippen LogP contribution in [0.5, 0.6) is 0 Å². The molecular weight excluding hydrogens is 320 g/mol. The van der Waals surface area contributed by atoms with Crippen LogP contribution >= 0.6 is 0 Å². The normalized spacial score (nSPS) is 11.4. The quantitative estimate of drug-likeness (QED) is 0.508. The van der Waals surface area contributed by atoms with E-state index in [1.807, 2.05) is 0 Å². The van der Waals surface area contributed by atoms with Crippen LogP contribution in [0.3, 0.4) is 0 Å². The number of hydrogen-bond acceptors (Lipinski definition) is 6. The van der Waals surface area contributed by atoms with Crippen molar-refractivity contribution in [1.82, 2.24) is 10.6 Å². The van der Waals surface area contributed by atoms with E-state index in [-0.39, 0.29) is 12.8 Å². The Morgan fingerprint density at radius 1 is 0.810 bits per heavy atom. The van der Waals surface area contributed by atoms with Crippen molar-refractivity contribution in [3.8, 4) is 0 Å². The van der Waals surface area contributed by atoms with E-state index in [1.54, 1.807) is 0 Å². The van der Waals surface area contributed by atoms with Crippen molar-refractivity contribution >= 4 is 31.5 Å². The fraction of sp³-hybridized carbons (Fsp3) is 0.455. The average molecular weight is 336 g/mol. The van der Waals surface area contributed by atoms with Crippen molar-refractivity contribution < 1.29 is 26.4 Å². The van der Waals surface area contributed by atoms with Gasteiger partial charge < -0.3 is 0 Å². The van der Waals surface area contributed by atoms with E-state index in [4.69, 9.17) is 0 Å². The van der Waals surface area contributed by atoms with E-state index in [0.717, 1.165) is 10.8 Å². The number of rotatable bonds is 10. The summed E-state index contributed by atoms with van der Waals surface area (Å²) in [5.41, 5.74) is 0. The summed E-state index contributed by atoms with van der Waals surface area (Å²) in [5, 5.41) is 8.23. The van der Waals surface area contributed by atoms with Gasteiger partial charge in [0, 0.05) is 23.7 Å². The molecule has 118 valence electrons. The van der Waals surface area contributed by atoms with Crippen molar-refractivity contribution in [2.24, 2.45) is 0 Å². The minimum atomic E-state index is -3.47. The molecule has 0 aromatic carbocycles. The molecule has 0 fully saturated rings. The minimum Gasteiger partial charge on any atom is -0.273 e. The standard InChI is InChI=1S/C11H16N2O6S2/c1-3-20(16,17)7-5-10(14)12-9-13-11(15)6-8-21(18,19)4-2/h3-4H,1-2,5-9H2. The first kappa shape index (κ1) is 19.3. The summed E-state index contributed by atoms with van der Waals surface area (Å²) in [6.45, 7) is 5.73. The molecule has 0 rings (SSSR count). The number of sulfone groups is 2. The fourth-order valence-electron chi connectivity index (χ4n) is 0.977. The third-order valence-corrected chi connectivity index (χ3v) is 4.76. The second-order valence-electron chi connectivity index (χ2n) is 3.81. The second-order valence-corrected chi connectivity index (χ2v) is 7.95. The van der Waals surface area contributed by atoms with Gasteiger partial charge in [0.15, 0.2) is 19.7 Å². The smallest absolute Gasteiger partial charge is 0.244 e. The van der Waals surface area contributed by atoms with Gasteiger partial charge in [-0.15, -0.1) is 0 Å². The lowest BCUT2D eigenvalue weighted by atomic mass is 10.4. The molecule has 0 bridgehead atoms. The Hall–Kier alpha value is -1.68. The molecule has 0 heterocycles. The Morgan fingerprint density at radius 3 is 1.43 bits per heavy atom. The molecule has 0 unspecified atom stereocenters. The summed E-state index contributed by atoms with van der Waals surface area (Å²) in [5.74, 6) is -2.25. The fourth-order valence-corrected chi connectivity index (χ4v) is 2.23. The van der Waals surface area contributed by atoms with Gasteiger partial charge in [-0.1, -0.05) is 13.2 Å². The van der Waals surface area contributed by atoms with Gasteiger partial charge in [-0.2, -0.15) is 0 Å². The van der Waals surface area contributed by atoms with Crippen LogP contribution in [-0.2, 0) is 29.3 Å². The van der Waals surface area contributed by atoms with E-state index >= 15 is 0 Å². The Labute approximate surface area is 124 Å². The predicted molar refractivity (Wildman–Crippen MR) is 76.4 cm³/mol. The highest BCUT2D eigenvalue weighted by atomic mass is 32.2. The second kappa shape index (κ2) is 8.57. The van der Waals surface area contributed by atoms with Crippen LogP contribution in [0, 0.1) is 0 Å². The van der Waals surface area contributed by atoms with Gasteiger partial charge in [0.2, 0.25) is 11.8 Å². The van der Waals surface area contributed by atoms with Crippen LogP contribution in [0.15, 0.2) is 24.0 Å². The molecule has 0 spiro atoms. The lowest BCUT2D eigenvalue weighted by Crippen LogP contribution is -2.29. The molecular formula is C11H16N2O6S2. The highest BCUT2D eigenvalue weighted by molar-refractivity contribution is 7.94. The average Bonchev–Trinajstić information content (AvgIpc) is 2.43. The van der Waals surface area contributed by atoms with Crippen molar-refractivity contribution in [2.45, 2.75) is 12.8 Å². The van der Waals surface area contributed by atoms with Gasteiger partial charge >= 0.3 is 0 Å². The number of amides is 2. The number of nitrogens with zero attached hydrogens (tertiary/aromatic N) is 2. The highest BCUT2D eigenvalue weighted by Crippen LogP contribution is 1.96. The number of carbonyl (C=O) groups is 2. The zero-order valence-corrected chi connectivity index (χ0v) is 12.9. The summed E-state index contributed by atoms with van der Waals surface area (Å²) in [4.78, 5) is 22.4. The summed E-state index contributed by atoms with van der Waals surface area (Å²) in [7, 11) is -6.95. The summed E-state index contributed by atoms with van der Waals surface area (Å²) in [6, 6.07) is 0. The molecule has 0 atom stereocenters. The van der Waals surface area contributed by atoms with Crippen LogP contribution in [0.2, 0.25) is 0 Å². The zero-order chi connectivity index (χ0) is 16.5. The van der Waals surface area contributed by atoms with Crippen LogP contribution < -0.4 is 10.6 Å². The van der Waals surface area contributed by atoms with E-state index in [0.29, 0.717) is 0 Å². The molecule has 10 heteroatoms. The van der Waals surface area contributed by atoms with Crippen molar-refractivity contribution in [3.63, 3.8) is 0 Å². The molecule has 0 N–H and O–H groups in total. The molecule has 8 nitrogen and oxygen atoms in total. The summed E-state index contributed by atoms with van der Waals surface area (Å²) < 4.78 is 44.2. The topological polar surface area (TPSA) is 131 Å². The Bertz CT molecular complexity index is 553. The maximum absolute atomic E-state index is 11.2. The first-order chi connectivity index (χ1) is 9.62. The van der Waals surface area contributed by atoms with Gasteiger partial charge in [0.05, 0.1) is 11.5 Å². The van der Waals surface area contributed by atoms with Gasteiger partial charge in [0.25, 0.3) is 0 Å². The Morgan fingerprint density at radius 2 is 1.14 bits per heavy atom. The van der Waals surface area contributed by atoms with Crippen molar-refractivity contribution in [2.75, 3.05) is 18.2 Å². The monoisotopic (exact) mass is 336 g/mol.